The SMILES string of the molecule is CC(C)OCCC(=O)NS(=O)(=O)c1cccc(C#N)c1. The Morgan fingerprint density at radius 3 is 2.75 bits per heavy atom. The summed E-state index contributed by atoms with van der Waals surface area (Å²) in [5.41, 5.74) is 0.212. The van der Waals surface area contributed by atoms with E-state index in [2.05, 4.69) is 0 Å². The van der Waals surface area contributed by atoms with Crippen LogP contribution in [0.3, 0.4) is 0 Å². The van der Waals surface area contributed by atoms with E-state index >= 15 is 0 Å². The van der Waals surface area contributed by atoms with E-state index in [1.54, 1.807) is 0 Å². The summed E-state index contributed by atoms with van der Waals surface area (Å²) in [4.78, 5) is 11.4. The van der Waals surface area contributed by atoms with Crippen LogP contribution in [-0.2, 0) is 19.6 Å². The maximum atomic E-state index is 11.9. The Balaban J connectivity index is 2.70. The second-order valence-corrected chi connectivity index (χ2v) is 6.02. The van der Waals surface area contributed by atoms with Gasteiger partial charge >= 0.3 is 0 Å². The van der Waals surface area contributed by atoms with E-state index in [1.807, 2.05) is 24.6 Å². The number of sulfonamides is 1. The number of rotatable bonds is 6. The number of nitriles is 1. The fourth-order valence-corrected chi connectivity index (χ4v) is 2.44. The first-order valence-electron chi connectivity index (χ1n) is 6.02. The molecule has 0 radical (unpaired) electrons. The van der Waals surface area contributed by atoms with Gasteiger partial charge in [0.15, 0.2) is 0 Å². The van der Waals surface area contributed by atoms with E-state index in [0.29, 0.717) is 0 Å². The lowest BCUT2D eigenvalue weighted by Crippen LogP contribution is -2.31. The minimum absolute atomic E-state index is 0.0216. The van der Waals surface area contributed by atoms with Crippen molar-refractivity contribution in [3.05, 3.63) is 29.8 Å². The average Bonchev–Trinajstić information content (AvgIpc) is 2.37. The molecule has 0 bridgehead atoms. The quantitative estimate of drug-likeness (QED) is 0.850. The Morgan fingerprint density at radius 1 is 1.45 bits per heavy atom. The standard InChI is InChI=1S/C13H16N2O4S/c1-10(2)19-7-6-13(16)15-20(17,18)12-5-3-4-11(8-12)9-14/h3-5,8,10H,6-7H2,1-2H3,(H,15,16). The van der Waals surface area contributed by atoms with Crippen LogP contribution in [0.2, 0.25) is 0 Å². The summed E-state index contributed by atoms with van der Waals surface area (Å²) in [5.74, 6) is -0.645. The highest BCUT2D eigenvalue weighted by atomic mass is 32.2. The van der Waals surface area contributed by atoms with Crippen LogP contribution in [0.5, 0.6) is 0 Å². The normalized spacial score (nSPS) is 11.1. The van der Waals surface area contributed by atoms with E-state index < -0.39 is 15.9 Å². The fraction of sp³-hybridized carbons (Fsp3) is 0.385. The highest BCUT2D eigenvalue weighted by Gasteiger charge is 2.17. The number of amides is 1. The first kappa shape index (κ1) is 16.1. The van der Waals surface area contributed by atoms with E-state index in [1.165, 1.54) is 24.3 Å². The van der Waals surface area contributed by atoms with Crippen molar-refractivity contribution < 1.29 is 17.9 Å². The number of nitrogens with one attached hydrogen (secondary N) is 1. The van der Waals surface area contributed by atoms with Gasteiger partial charge in [-0.15, -0.1) is 0 Å². The lowest BCUT2D eigenvalue weighted by molar-refractivity contribution is -0.120. The highest BCUT2D eigenvalue weighted by molar-refractivity contribution is 7.90. The molecule has 0 unspecified atom stereocenters. The van der Waals surface area contributed by atoms with Crippen molar-refractivity contribution in [1.82, 2.24) is 4.72 Å². The lowest BCUT2D eigenvalue weighted by atomic mass is 10.2. The molecular formula is C13H16N2O4S. The molecule has 0 aliphatic rings. The lowest BCUT2D eigenvalue weighted by Gasteiger charge is -2.09. The van der Waals surface area contributed by atoms with Gasteiger partial charge in [-0.25, -0.2) is 13.1 Å². The molecule has 0 saturated carbocycles. The van der Waals surface area contributed by atoms with E-state index in [0.717, 1.165) is 0 Å². The first-order valence-corrected chi connectivity index (χ1v) is 7.51. The fourth-order valence-electron chi connectivity index (χ4n) is 1.38. The number of benzene rings is 1. The smallest absolute Gasteiger partial charge is 0.264 e. The summed E-state index contributed by atoms with van der Waals surface area (Å²) in [6.45, 7) is 3.79. The molecule has 108 valence electrons. The molecule has 0 spiro atoms. The zero-order chi connectivity index (χ0) is 15.2. The van der Waals surface area contributed by atoms with Crippen LogP contribution in [0, 0.1) is 11.3 Å². The number of ether oxygens (including phenoxy) is 1. The maximum absolute atomic E-state index is 11.9. The molecular weight excluding hydrogens is 280 g/mol. The monoisotopic (exact) mass is 296 g/mol. The predicted molar refractivity (Wildman–Crippen MR) is 72.2 cm³/mol. The summed E-state index contributed by atoms with van der Waals surface area (Å²) in [7, 11) is -3.95. The third-order valence-corrected chi connectivity index (χ3v) is 3.67. The van der Waals surface area contributed by atoms with Crippen molar-refractivity contribution in [1.29, 1.82) is 5.26 Å². The number of nitrogens with zero attached hydrogens (tertiary/aromatic N) is 1. The van der Waals surface area contributed by atoms with Gasteiger partial charge in [0.25, 0.3) is 10.0 Å². The van der Waals surface area contributed by atoms with Crippen molar-refractivity contribution >= 4 is 15.9 Å². The van der Waals surface area contributed by atoms with Crippen LogP contribution in [0.4, 0.5) is 0 Å². The van der Waals surface area contributed by atoms with Crippen LogP contribution in [0.1, 0.15) is 25.8 Å². The summed E-state index contributed by atoms with van der Waals surface area (Å²) < 4.78 is 31.0. The van der Waals surface area contributed by atoms with Gasteiger partial charge < -0.3 is 4.74 Å². The summed E-state index contributed by atoms with van der Waals surface area (Å²) in [6.07, 6.45) is -0.0678. The van der Waals surface area contributed by atoms with Crippen molar-refractivity contribution in [2.45, 2.75) is 31.3 Å². The summed E-state index contributed by atoms with van der Waals surface area (Å²) in [6, 6.07) is 7.30. The Labute approximate surface area is 118 Å². The molecule has 0 saturated heterocycles. The van der Waals surface area contributed by atoms with Gasteiger partial charge in [0.1, 0.15) is 0 Å². The molecule has 0 atom stereocenters. The topological polar surface area (TPSA) is 96.3 Å². The third-order valence-electron chi connectivity index (χ3n) is 2.30. The molecule has 6 nitrogen and oxygen atoms in total. The predicted octanol–water partition coefficient (Wildman–Crippen LogP) is 1.18. The highest BCUT2D eigenvalue weighted by Crippen LogP contribution is 2.10. The van der Waals surface area contributed by atoms with Gasteiger partial charge in [0.2, 0.25) is 5.91 Å². The molecule has 0 fully saturated rings. The molecule has 7 heteroatoms. The second kappa shape index (κ2) is 7.03. The summed E-state index contributed by atoms with van der Waals surface area (Å²) in [5, 5.41) is 8.73. The maximum Gasteiger partial charge on any atom is 0.264 e. The molecule has 1 aromatic carbocycles. The van der Waals surface area contributed by atoms with Gasteiger partial charge in [0.05, 0.1) is 35.7 Å². The minimum Gasteiger partial charge on any atom is -0.378 e. The first-order chi connectivity index (χ1) is 9.35. The van der Waals surface area contributed by atoms with Crippen molar-refractivity contribution in [3.63, 3.8) is 0 Å². The van der Waals surface area contributed by atoms with Crippen LogP contribution in [0.15, 0.2) is 29.2 Å². The Bertz CT molecular complexity index is 618. The van der Waals surface area contributed by atoms with Crippen LogP contribution in [0.25, 0.3) is 0 Å². The van der Waals surface area contributed by atoms with Crippen LogP contribution in [-0.4, -0.2) is 27.0 Å². The third kappa shape index (κ3) is 4.99. The van der Waals surface area contributed by atoms with Gasteiger partial charge in [-0.1, -0.05) is 6.07 Å². The Kier molecular flexibility index (Phi) is 5.67. The Morgan fingerprint density at radius 2 is 2.15 bits per heavy atom. The van der Waals surface area contributed by atoms with E-state index in [9.17, 15) is 13.2 Å². The van der Waals surface area contributed by atoms with Crippen LogP contribution < -0.4 is 4.72 Å². The number of hydrogen-bond donors (Lipinski definition) is 1. The van der Waals surface area contributed by atoms with Crippen LogP contribution >= 0.6 is 0 Å². The molecule has 1 rings (SSSR count). The largest absolute Gasteiger partial charge is 0.378 e. The number of carbonyl (C=O) groups excluding carboxylic acids is 1. The molecule has 20 heavy (non-hydrogen) atoms. The molecule has 1 N–H and O–H groups in total. The van der Waals surface area contributed by atoms with Gasteiger partial charge in [-0.2, -0.15) is 5.26 Å². The zero-order valence-electron chi connectivity index (χ0n) is 11.3. The average molecular weight is 296 g/mol. The molecule has 0 aromatic heterocycles. The summed E-state index contributed by atoms with van der Waals surface area (Å²) >= 11 is 0. The zero-order valence-corrected chi connectivity index (χ0v) is 12.1. The molecule has 0 aliphatic carbocycles. The van der Waals surface area contributed by atoms with Gasteiger partial charge in [-0.05, 0) is 32.0 Å². The molecule has 0 heterocycles. The Hall–Kier alpha value is -1.91. The van der Waals surface area contributed by atoms with Gasteiger partial charge in [0, 0.05) is 0 Å². The number of hydrogen-bond acceptors (Lipinski definition) is 5. The second-order valence-electron chi connectivity index (χ2n) is 4.34. The molecule has 0 aliphatic heterocycles. The van der Waals surface area contributed by atoms with E-state index in [4.69, 9.17) is 10.00 Å². The minimum atomic E-state index is -3.95. The van der Waals surface area contributed by atoms with Crippen molar-refractivity contribution in [2.75, 3.05) is 6.61 Å². The van der Waals surface area contributed by atoms with Gasteiger partial charge in [-0.3, -0.25) is 4.79 Å². The number of carbonyl (C=O) groups is 1. The van der Waals surface area contributed by atoms with Crippen molar-refractivity contribution in [3.8, 4) is 6.07 Å². The van der Waals surface area contributed by atoms with Crippen molar-refractivity contribution in [2.24, 2.45) is 0 Å². The molecule has 1 aromatic rings. The molecule has 1 amide bonds. The van der Waals surface area contributed by atoms with E-state index in [-0.39, 0.29) is 29.6 Å².